The smallest absolute Gasteiger partial charge is 0.420 e. The SMILES string of the molecule is COc1cccc(CNC(=O)c2nc3c(C(F)(F)F)cc(-c4ccco4)cn3c2Cl)c1. The number of aromatic nitrogens is 2. The first-order chi connectivity index (χ1) is 14.8. The minimum absolute atomic E-state index is 0.115. The van der Waals surface area contributed by atoms with Crippen molar-refractivity contribution in [2.75, 3.05) is 7.11 Å². The van der Waals surface area contributed by atoms with Crippen LogP contribution in [0.2, 0.25) is 5.15 Å². The number of hydrogen-bond acceptors (Lipinski definition) is 4. The number of hydrogen-bond donors (Lipinski definition) is 1. The van der Waals surface area contributed by atoms with Crippen LogP contribution in [0.15, 0.2) is 59.3 Å². The van der Waals surface area contributed by atoms with E-state index in [4.69, 9.17) is 20.8 Å². The number of pyridine rings is 1. The summed E-state index contributed by atoms with van der Waals surface area (Å²) in [6, 6.07) is 11.0. The number of furan rings is 1. The molecule has 1 aromatic carbocycles. The van der Waals surface area contributed by atoms with Gasteiger partial charge in [-0.05, 0) is 35.9 Å². The molecule has 1 amide bonds. The average Bonchev–Trinajstić information content (AvgIpc) is 3.39. The highest BCUT2D eigenvalue weighted by atomic mass is 35.5. The highest BCUT2D eigenvalue weighted by Gasteiger charge is 2.36. The number of carbonyl (C=O) groups is 1. The van der Waals surface area contributed by atoms with Crippen molar-refractivity contribution in [3.63, 3.8) is 0 Å². The molecular weight excluding hydrogens is 435 g/mol. The molecule has 0 aliphatic heterocycles. The van der Waals surface area contributed by atoms with Crippen molar-refractivity contribution < 1.29 is 27.1 Å². The zero-order valence-electron chi connectivity index (χ0n) is 16.0. The van der Waals surface area contributed by atoms with E-state index in [2.05, 4.69) is 10.3 Å². The predicted octanol–water partition coefficient (Wildman–Crippen LogP) is 5.21. The van der Waals surface area contributed by atoms with E-state index in [0.717, 1.165) is 16.0 Å². The summed E-state index contributed by atoms with van der Waals surface area (Å²) in [6.07, 6.45) is -2.02. The van der Waals surface area contributed by atoms with E-state index in [1.54, 1.807) is 30.3 Å². The molecule has 3 heterocycles. The zero-order chi connectivity index (χ0) is 22.2. The molecule has 0 saturated heterocycles. The maximum absolute atomic E-state index is 13.7. The lowest BCUT2D eigenvalue weighted by Crippen LogP contribution is -2.23. The molecule has 160 valence electrons. The Morgan fingerprint density at radius 1 is 1.26 bits per heavy atom. The summed E-state index contributed by atoms with van der Waals surface area (Å²) in [5.41, 5.74) is -0.933. The molecule has 1 N–H and O–H groups in total. The van der Waals surface area contributed by atoms with E-state index in [-0.39, 0.29) is 28.7 Å². The normalized spacial score (nSPS) is 11.6. The number of rotatable bonds is 5. The second kappa shape index (κ2) is 7.99. The Balaban J connectivity index is 1.71. The Morgan fingerprint density at radius 2 is 2.06 bits per heavy atom. The van der Waals surface area contributed by atoms with Gasteiger partial charge in [0, 0.05) is 18.3 Å². The van der Waals surface area contributed by atoms with Crippen LogP contribution in [0.1, 0.15) is 21.6 Å². The number of benzene rings is 1. The predicted molar refractivity (Wildman–Crippen MR) is 107 cm³/mol. The van der Waals surface area contributed by atoms with E-state index in [0.29, 0.717) is 5.75 Å². The molecule has 0 aliphatic carbocycles. The molecule has 0 fully saturated rings. The number of halogens is 4. The average molecular weight is 450 g/mol. The number of nitrogens with zero attached hydrogens (tertiary/aromatic N) is 2. The van der Waals surface area contributed by atoms with Crippen molar-refractivity contribution in [3.05, 3.63) is 76.9 Å². The quantitative estimate of drug-likeness (QED) is 0.454. The Hall–Kier alpha value is -3.46. The van der Waals surface area contributed by atoms with Crippen LogP contribution in [0.4, 0.5) is 13.2 Å². The summed E-state index contributed by atoms with van der Waals surface area (Å²) in [5, 5.41) is 2.38. The van der Waals surface area contributed by atoms with Crippen molar-refractivity contribution in [1.29, 1.82) is 0 Å². The van der Waals surface area contributed by atoms with Crippen LogP contribution >= 0.6 is 11.6 Å². The first-order valence-electron chi connectivity index (χ1n) is 9.01. The number of nitrogens with one attached hydrogen (secondary N) is 1. The lowest BCUT2D eigenvalue weighted by Gasteiger charge is -2.10. The fraction of sp³-hybridized carbons (Fsp3) is 0.143. The minimum atomic E-state index is -4.72. The second-order valence-electron chi connectivity index (χ2n) is 6.60. The van der Waals surface area contributed by atoms with Gasteiger partial charge in [0.2, 0.25) is 0 Å². The van der Waals surface area contributed by atoms with Gasteiger partial charge in [0.25, 0.3) is 5.91 Å². The number of alkyl halides is 3. The molecule has 0 unspecified atom stereocenters. The third-order valence-electron chi connectivity index (χ3n) is 4.58. The Bertz CT molecular complexity index is 1250. The van der Waals surface area contributed by atoms with Crippen molar-refractivity contribution in [2.45, 2.75) is 12.7 Å². The fourth-order valence-electron chi connectivity index (χ4n) is 3.10. The molecule has 0 radical (unpaired) electrons. The highest BCUT2D eigenvalue weighted by molar-refractivity contribution is 6.33. The number of amides is 1. The summed E-state index contributed by atoms with van der Waals surface area (Å²) in [6.45, 7) is 0.115. The van der Waals surface area contributed by atoms with Gasteiger partial charge in [0.15, 0.2) is 11.3 Å². The molecule has 0 bridgehead atoms. The third kappa shape index (κ3) is 4.09. The summed E-state index contributed by atoms with van der Waals surface area (Å²) in [7, 11) is 1.52. The molecule has 6 nitrogen and oxygen atoms in total. The molecule has 3 aromatic heterocycles. The van der Waals surface area contributed by atoms with E-state index in [9.17, 15) is 18.0 Å². The molecule has 0 aliphatic rings. The summed E-state index contributed by atoms with van der Waals surface area (Å²) < 4.78 is 52.4. The molecule has 0 spiro atoms. The van der Waals surface area contributed by atoms with Crippen molar-refractivity contribution in [1.82, 2.24) is 14.7 Å². The maximum atomic E-state index is 13.7. The summed E-state index contributed by atoms with van der Waals surface area (Å²) >= 11 is 6.26. The first-order valence-corrected chi connectivity index (χ1v) is 9.39. The lowest BCUT2D eigenvalue weighted by atomic mass is 10.1. The van der Waals surface area contributed by atoms with Gasteiger partial charge in [-0.1, -0.05) is 23.7 Å². The van der Waals surface area contributed by atoms with Gasteiger partial charge in [-0.2, -0.15) is 13.2 Å². The van der Waals surface area contributed by atoms with Crippen LogP contribution in [-0.2, 0) is 12.7 Å². The first kappa shape index (κ1) is 20.8. The van der Waals surface area contributed by atoms with Gasteiger partial charge in [-0.25, -0.2) is 4.98 Å². The van der Waals surface area contributed by atoms with E-state index in [1.807, 2.05) is 0 Å². The fourth-order valence-corrected chi connectivity index (χ4v) is 3.35. The molecule has 0 atom stereocenters. The topological polar surface area (TPSA) is 68.8 Å². The Morgan fingerprint density at radius 3 is 2.74 bits per heavy atom. The number of carbonyl (C=O) groups excluding carboxylic acids is 1. The molecule has 10 heteroatoms. The van der Waals surface area contributed by atoms with Gasteiger partial charge in [0.1, 0.15) is 16.7 Å². The number of methoxy groups -OCH3 is 1. The van der Waals surface area contributed by atoms with Gasteiger partial charge in [-0.3, -0.25) is 9.20 Å². The number of ether oxygens (including phenoxy) is 1. The van der Waals surface area contributed by atoms with Gasteiger partial charge in [-0.15, -0.1) is 0 Å². The van der Waals surface area contributed by atoms with Gasteiger partial charge >= 0.3 is 6.18 Å². The largest absolute Gasteiger partial charge is 0.497 e. The van der Waals surface area contributed by atoms with Gasteiger partial charge < -0.3 is 14.5 Å². The van der Waals surface area contributed by atoms with E-state index in [1.165, 1.54) is 25.6 Å². The molecule has 4 aromatic rings. The van der Waals surface area contributed by atoms with Crippen LogP contribution in [0.5, 0.6) is 5.75 Å². The van der Waals surface area contributed by atoms with Crippen LogP contribution in [0.25, 0.3) is 17.0 Å². The minimum Gasteiger partial charge on any atom is -0.497 e. The monoisotopic (exact) mass is 449 g/mol. The van der Waals surface area contributed by atoms with Crippen LogP contribution in [0, 0.1) is 0 Å². The standard InChI is InChI=1S/C21H15ClF3N3O3/c1-30-14-5-2-4-12(8-14)10-26-20(29)17-18(22)28-11-13(16-6-3-7-31-16)9-15(19(28)27-17)21(23,24)25/h2-9,11H,10H2,1H3,(H,26,29). The number of imidazole rings is 1. The third-order valence-corrected chi connectivity index (χ3v) is 4.94. The zero-order valence-corrected chi connectivity index (χ0v) is 16.8. The highest BCUT2D eigenvalue weighted by Crippen LogP contribution is 2.37. The number of fused-ring (bicyclic) bond motifs is 1. The van der Waals surface area contributed by atoms with Crippen molar-refractivity contribution in [2.24, 2.45) is 0 Å². The van der Waals surface area contributed by atoms with E-state index < -0.39 is 23.3 Å². The van der Waals surface area contributed by atoms with Crippen LogP contribution in [0.3, 0.4) is 0 Å². The lowest BCUT2D eigenvalue weighted by molar-refractivity contribution is -0.136. The molecule has 0 saturated carbocycles. The van der Waals surface area contributed by atoms with Gasteiger partial charge in [0.05, 0.1) is 18.9 Å². The van der Waals surface area contributed by atoms with Crippen LogP contribution < -0.4 is 10.1 Å². The Labute approximate surface area is 179 Å². The van der Waals surface area contributed by atoms with E-state index >= 15 is 0 Å². The van der Waals surface area contributed by atoms with Crippen molar-refractivity contribution >= 4 is 23.2 Å². The summed E-state index contributed by atoms with van der Waals surface area (Å²) in [5.74, 6) is 0.128. The second-order valence-corrected chi connectivity index (χ2v) is 6.95. The van der Waals surface area contributed by atoms with Crippen molar-refractivity contribution in [3.8, 4) is 17.1 Å². The Kier molecular flexibility index (Phi) is 5.36. The maximum Gasteiger partial charge on any atom is 0.420 e. The molecular formula is C21H15ClF3N3O3. The molecule has 4 rings (SSSR count). The van der Waals surface area contributed by atoms with Crippen LogP contribution in [-0.4, -0.2) is 22.4 Å². The summed E-state index contributed by atoms with van der Waals surface area (Å²) in [4.78, 5) is 16.5. The molecule has 31 heavy (non-hydrogen) atoms.